The molecule has 0 fully saturated rings. The first-order chi connectivity index (χ1) is 13.4. The Bertz CT molecular complexity index is 858. The van der Waals surface area contributed by atoms with E-state index in [9.17, 15) is 5.11 Å². The fourth-order valence-corrected chi connectivity index (χ4v) is 3.25. The number of likely N-dealkylation sites (N-methyl/N-ethyl adjacent to an activating group) is 1. The molecule has 6 heteroatoms. The van der Waals surface area contributed by atoms with Gasteiger partial charge in [0.2, 0.25) is 0 Å². The normalized spacial score (nSPS) is 13.5. The van der Waals surface area contributed by atoms with Gasteiger partial charge in [0.05, 0.1) is 5.69 Å². The van der Waals surface area contributed by atoms with Crippen molar-refractivity contribution in [2.75, 3.05) is 20.2 Å². The zero-order valence-electron chi connectivity index (χ0n) is 16.9. The number of hydrogen-bond donors (Lipinski definition) is 1. The van der Waals surface area contributed by atoms with E-state index >= 15 is 0 Å². The monoisotopic (exact) mass is 380 g/mol. The minimum Gasteiger partial charge on any atom is -0.491 e. The molecule has 0 aliphatic rings. The maximum atomic E-state index is 10.4. The molecule has 0 saturated carbocycles. The number of benzene rings is 2. The first-order valence-corrected chi connectivity index (χ1v) is 9.46. The molecule has 0 bridgehead atoms. The molecule has 6 nitrogen and oxygen atoms in total. The van der Waals surface area contributed by atoms with Crippen LogP contribution in [-0.2, 0) is 0 Å². The number of ether oxygens (including phenoxy) is 1. The van der Waals surface area contributed by atoms with Crippen LogP contribution in [0.2, 0.25) is 0 Å². The minimum atomic E-state index is -0.567. The van der Waals surface area contributed by atoms with Gasteiger partial charge in [0.1, 0.15) is 31.1 Å². The largest absolute Gasteiger partial charge is 0.491 e. The maximum Gasteiger partial charge on any atom is 0.138 e. The summed E-state index contributed by atoms with van der Waals surface area (Å²) < 4.78 is 7.51. The molecular formula is C22H28N4O2. The molecule has 1 N–H and O–H groups in total. The predicted octanol–water partition coefficient (Wildman–Crippen LogP) is 3.32. The lowest BCUT2D eigenvalue weighted by Crippen LogP contribution is -2.34. The van der Waals surface area contributed by atoms with Gasteiger partial charge in [-0.3, -0.25) is 4.90 Å². The molecule has 0 spiro atoms. The van der Waals surface area contributed by atoms with Crippen molar-refractivity contribution in [2.24, 2.45) is 0 Å². The molecule has 2 atom stereocenters. The highest BCUT2D eigenvalue weighted by atomic mass is 16.5. The number of aromatic nitrogens is 3. The standard InChI is InChI=1S/C22H28N4O2/c1-16-9-17(2)11-22(10-16)28-13-21(27)12-25(4)18(3)19-5-7-20(8-6-19)26-15-23-14-24-26/h5-11,14-15,18,21,27H,12-13H2,1-4H3. The Balaban J connectivity index is 1.53. The highest BCUT2D eigenvalue weighted by Gasteiger charge is 2.16. The SMILES string of the molecule is Cc1cc(C)cc(OCC(O)CN(C)C(C)c2ccc(-n3cncn3)cc2)c1. The van der Waals surface area contributed by atoms with Crippen molar-refractivity contribution in [3.05, 3.63) is 71.8 Å². The third-order valence-electron chi connectivity index (χ3n) is 4.86. The molecule has 1 heterocycles. The fourth-order valence-electron chi connectivity index (χ4n) is 3.25. The van der Waals surface area contributed by atoms with Crippen molar-refractivity contribution in [1.82, 2.24) is 19.7 Å². The molecule has 28 heavy (non-hydrogen) atoms. The van der Waals surface area contributed by atoms with Crippen molar-refractivity contribution < 1.29 is 9.84 Å². The number of rotatable bonds is 8. The Hall–Kier alpha value is -2.70. The average Bonchev–Trinajstić information content (AvgIpc) is 3.20. The van der Waals surface area contributed by atoms with Gasteiger partial charge in [-0.25, -0.2) is 9.67 Å². The topological polar surface area (TPSA) is 63.4 Å². The molecule has 0 aliphatic heterocycles. The van der Waals surface area contributed by atoms with Crippen molar-refractivity contribution >= 4 is 0 Å². The van der Waals surface area contributed by atoms with Crippen LogP contribution in [0.4, 0.5) is 0 Å². The van der Waals surface area contributed by atoms with Crippen LogP contribution in [0.5, 0.6) is 5.75 Å². The van der Waals surface area contributed by atoms with Gasteiger partial charge < -0.3 is 9.84 Å². The average molecular weight is 380 g/mol. The third-order valence-corrected chi connectivity index (χ3v) is 4.86. The first kappa shape index (κ1) is 20.0. The molecule has 148 valence electrons. The van der Waals surface area contributed by atoms with E-state index < -0.39 is 6.10 Å². The van der Waals surface area contributed by atoms with Gasteiger partial charge in [-0.05, 0) is 68.8 Å². The number of aryl methyl sites for hydroxylation is 2. The highest BCUT2D eigenvalue weighted by molar-refractivity contribution is 5.34. The zero-order valence-corrected chi connectivity index (χ0v) is 16.9. The van der Waals surface area contributed by atoms with Crippen molar-refractivity contribution in [3.63, 3.8) is 0 Å². The molecule has 0 aliphatic carbocycles. The lowest BCUT2D eigenvalue weighted by Gasteiger charge is -2.27. The van der Waals surface area contributed by atoms with Gasteiger partial charge in [-0.15, -0.1) is 0 Å². The summed E-state index contributed by atoms with van der Waals surface area (Å²) >= 11 is 0. The van der Waals surface area contributed by atoms with Crippen molar-refractivity contribution in [2.45, 2.75) is 32.9 Å². The minimum absolute atomic E-state index is 0.167. The Kier molecular flexibility index (Phi) is 6.44. The summed E-state index contributed by atoms with van der Waals surface area (Å²) in [6.07, 6.45) is 2.63. The zero-order chi connectivity index (χ0) is 20.1. The summed E-state index contributed by atoms with van der Waals surface area (Å²) in [6, 6.07) is 14.5. The van der Waals surface area contributed by atoms with Gasteiger partial charge in [-0.2, -0.15) is 5.10 Å². The number of aliphatic hydroxyl groups excluding tert-OH is 1. The quantitative estimate of drug-likeness (QED) is 0.650. The van der Waals surface area contributed by atoms with Crippen LogP contribution < -0.4 is 4.74 Å². The maximum absolute atomic E-state index is 10.4. The Morgan fingerprint density at radius 3 is 2.39 bits per heavy atom. The van der Waals surface area contributed by atoms with Gasteiger partial charge in [0.15, 0.2) is 0 Å². The van der Waals surface area contributed by atoms with Gasteiger partial charge in [0.25, 0.3) is 0 Å². The van der Waals surface area contributed by atoms with Crippen molar-refractivity contribution in [1.29, 1.82) is 0 Å². The van der Waals surface area contributed by atoms with E-state index in [1.807, 2.05) is 45.2 Å². The van der Waals surface area contributed by atoms with Crippen LogP contribution in [-0.4, -0.2) is 51.1 Å². The van der Waals surface area contributed by atoms with Crippen LogP contribution in [0.1, 0.15) is 29.7 Å². The van der Waals surface area contributed by atoms with E-state index in [0.717, 1.165) is 22.6 Å². The molecular weight excluding hydrogens is 352 g/mol. The lowest BCUT2D eigenvalue weighted by molar-refractivity contribution is 0.0653. The molecule has 0 radical (unpaired) electrons. The van der Waals surface area contributed by atoms with Crippen LogP contribution in [0.25, 0.3) is 5.69 Å². The summed E-state index contributed by atoms with van der Waals surface area (Å²) in [6.45, 7) is 7.00. The lowest BCUT2D eigenvalue weighted by atomic mass is 10.1. The molecule has 2 aromatic carbocycles. The summed E-state index contributed by atoms with van der Waals surface area (Å²) in [4.78, 5) is 6.09. The molecule has 3 aromatic rings. The second-order valence-corrected chi connectivity index (χ2v) is 7.34. The second-order valence-electron chi connectivity index (χ2n) is 7.34. The predicted molar refractivity (Wildman–Crippen MR) is 110 cm³/mol. The smallest absolute Gasteiger partial charge is 0.138 e. The van der Waals surface area contributed by atoms with E-state index in [1.165, 1.54) is 11.9 Å². The summed E-state index contributed by atoms with van der Waals surface area (Å²) in [5.41, 5.74) is 4.46. The fraction of sp³-hybridized carbons (Fsp3) is 0.364. The van der Waals surface area contributed by atoms with E-state index in [2.05, 4.69) is 40.1 Å². The van der Waals surface area contributed by atoms with Crippen LogP contribution in [0.15, 0.2) is 55.1 Å². The van der Waals surface area contributed by atoms with Gasteiger partial charge >= 0.3 is 0 Å². The van der Waals surface area contributed by atoms with E-state index in [4.69, 9.17) is 4.74 Å². The van der Waals surface area contributed by atoms with Gasteiger partial charge in [0, 0.05) is 12.6 Å². The highest BCUT2D eigenvalue weighted by Crippen LogP contribution is 2.21. The van der Waals surface area contributed by atoms with Crippen LogP contribution in [0.3, 0.4) is 0 Å². The molecule has 2 unspecified atom stereocenters. The van der Waals surface area contributed by atoms with E-state index in [-0.39, 0.29) is 12.6 Å². The number of hydrogen-bond acceptors (Lipinski definition) is 5. The molecule has 0 saturated heterocycles. The molecule has 1 aromatic heterocycles. The number of nitrogens with zero attached hydrogens (tertiary/aromatic N) is 4. The second kappa shape index (κ2) is 8.99. The van der Waals surface area contributed by atoms with E-state index in [1.54, 1.807) is 11.0 Å². The van der Waals surface area contributed by atoms with Crippen LogP contribution in [0, 0.1) is 13.8 Å². The Morgan fingerprint density at radius 1 is 1.11 bits per heavy atom. The molecule has 3 rings (SSSR count). The number of aliphatic hydroxyl groups is 1. The molecule has 0 amide bonds. The summed E-state index contributed by atoms with van der Waals surface area (Å²) in [5, 5.41) is 14.5. The first-order valence-electron chi connectivity index (χ1n) is 9.46. The summed E-state index contributed by atoms with van der Waals surface area (Å²) in [5.74, 6) is 0.802. The van der Waals surface area contributed by atoms with Crippen LogP contribution >= 0.6 is 0 Å². The van der Waals surface area contributed by atoms with E-state index in [0.29, 0.717) is 6.54 Å². The Morgan fingerprint density at radius 2 is 1.79 bits per heavy atom. The van der Waals surface area contributed by atoms with Gasteiger partial charge in [-0.1, -0.05) is 18.2 Å². The van der Waals surface area contributed by atoms with Crippen molar-refractivity contribution in [3.8, 4) is 11.4 Å². The summed E-state index contributed by atoms with van der Waals surface area (Å²) in [7, 11) is 2.01. The third kappa shape index (κ3) is 5.18. The Labute approximate surface area is 166 Å².